The molecule has 1 aromatic heterocycles. The average Bonchev–Trinajstić information content (AvgIpc) is 3.80. The van der Waals surface area contributed by atoms with Crippen LogP contribution in [0.3, 0.4) is 0 Å². The van der Waals surface area contributed by atoms with Gasteiger partial charge in [-0.25, -0.2) is 0 Å². The van der Waals surface area contributed by atoms with Gasteiger partial charge < -0.3 is 9.47 Å². The van der Waals surface area contributed by atoms with E-state index in [-0.39, 0.29) is 5.41 Å². The maximum absolute atomic E-state index is 2.46. The standard InChI is InChI=1S/C61H48N2/c1-61(2)56-20-10-8-18-52(56)53-37-36-50(40-57(53)61)62(58-22-12-16-46-15-6-7-17-51(46)58)48-32-27-44(28-33-48)42-23-25-45(26-24-42)47-31-38-60-55(39-47)54-19-9-11-21-59(54)63(60)49-34-29-43(30-35-49)41-13-4-3-5-14-41/h3-8,10,12-40,52,56H,9,11H2,1-2H3. The van der Waals surface area contributed by atoms with Crippen LogP contribution in [0.2, 0.25) is 0 Å². The van der Waals surface area contributed by atoms with E-state index in [9.17, 15) is 0 Å². The fourth-order valence-corrected chi connectivity index (χ4v) is 10.9. The summed E-state index contributed by atoms with van der Waals surface area (Å²) in [6.45, 7) is 4.83. The summed E-state index contributed by atoms with van der Waals surface area (Å²) in [5, 5.41) is 6.42. The van der Waals surface area contributed by atoms with Crippen LogP contribution >= 0.6 is 0 Å². The zero-order valence-electron chi connectivity index (χ0n) is 35.7. The molecule has 2 unspecified atom stereocenters. The largest absolute Gasteiger partial charge is 0.310 e. The van der Waals surface area contributed by atoms with Crippen molar-refractivity contribution < 1.29 is 0 Å². The molecule has 2 heteroatoms. The Morgan fingerprint density at radius 2 is 1.13 bits per heavy atom. The molecule has 0 aliphatic heterocycles. The molecule has 2 atom stereocenters. The molecular formula is C61H48N2. The number of hydrogen-bond donors (Lipinski definition) is 0. The zero-order chi connectivity index (χ0) is 42.1. The van der Waals surface area contributed by atoms with E-state index in [1.54, 1.807) is 0 Å². The van der Waals surface area contributed by atoms with Crippen molar-refractivity contribution in [2.75, 3.05) is 4.90 Å². The highest BCUT2D eigenvalue weighted by Gasteiger charge is 2.44. The fraction of sp³-hybridized carbons (Fsp3) is 0.115. The Hall–Kier alpha value is -7.42. The Balaban J connectivity index is 0.873. The van der Waals surface area contributed by atoms with Crippen molar-refractivity contribution in [3.8, 4) is 39.1 Å². The summed E-state index contributed by atoms with van der Waals surface area (Å²) >= 11 is 0. The maximum atomic E-state index is 2.46. The molecule has 8 aromatic carbocycles. The van der Waals surface area contributed by atoms with Crippen molar-refractivity contribution in [3.05, 3.63) is 228 Å². The monoisotopic (exact) mass is 808 g/mol. The average molecular weight is 809 g/mol. The summed E-state index contributed by atoms with van der Waals surface area (Å²) in [5.74, 6) is 0.887. The van der Waals surface area contributed by atoms with Crippen LogP contribution in [0.1, 0.15) is 43.7 Å². The number of nitrogens with zero attached hydrogens (tertiary/aromatic N) is 2. The second-order valence-electron chi connectivity index (χ2n) is 18.0. The first kappa shape index (κ1) is 37.4. The smallest absolute Gasteiger partial charge is 0.0541 e. The summed E-state index contributed by atoms with van der Waals surface area (Å²) in [5.41, 5.74) is 16.2. The number of anilines is 3. The van der Waals surface area contributed by atoms with Gasteiger partial charge in [-0.3, -0.25) is 0 Å². The van der Waals surface area contributed by atoms with Gasteiger partial charge in [0, 0.05) is 44.3 Å². The molecule has 0 N–H and O–H groups in total. The van der Waals surface area contributed by atoms with Crippen LogP contribution < -0.4 is 15.5 Å². The second kappa shape index (κ2) is 14.9. The summed E-state index contributed by atoms with van der Waals surface area (Å²) < 4.78 is 2.44. The lowest BCUT2D eigenvalue weighted by Gasteiger charge is -2.31. The molecule has 0 radical (unpaired) electrons. The lowest BCUT2D eigenvalue weighted by Crippen LogP contribution is -2.30. The van der Waals surface area contributed by atoms with Crippen LogP contribution in [0.5, 0.6) is 0 Å². The van der Waals surface area contributed by atoms with Crippen molar-refractivity contribution in [1.29, 1.82) is 0 Å². The van der Waals surface area contributed by atoms with E-state index in [0.717, 1.165) is 18.5 Å². The first-order valence-corrected chi connectivity index (χ1v) is 22.5. The van der Waals surface area contributed by atoms with Crippen LogP contribution in [0.15, 0.2) is 206 Å². The van der Waals surface area contributed by atoms with Gasteiger partial charge in [0.25, 0.3) is 0 Å². The number of fused-ring (bicyclic) bond motifs is 7. The van der Waals surface area contributed by atoms with E-state index < -0.39 is 0 Å². The number of benzene rings is 8. The quantitative estimate of drug-likeness (QED) is 0.156. The number of allylic oxidation sites excluding steroid dienone is 4. The minimum atomic E-state index is 0.0287. The lowest BCUT2D eigenvalue weighted by atomic mass is 9.74. The van der Waals surface area contributed by atoms with E-state index in [1.807, 2.05) is 0 Å². The van der Waals surface area contributed by atoms with E-state index in [0.29, 0.717) is 11.8 Å². The predicted molar refractivity (Wildman–Crippen MR) is 267 cm³/mol. The Morgan fingerprint density at radius 1 is 0.508 bits per heavy atom. The molecule has 0 saturated carbocycles. The molecule has 9 aromatic rings. The van der Waals surface area contributed by atoms with Gasteiger partial charge in [0.2, 0.25) is 0 Å². The summed E-state index contributed by atoms with van der Waals surface area (Å²) in [4.78, 5) is 2.45. The molecule has 1 heterocycles. The van der Waals surface area contributed by atoms with Crippen molar-refractivity contribution in [3.63, 3.8) is 0 Å². The topological polar surface area (TPSA) is 8.17 Å². The fourth-order valence-electron chi connectivity index (χ4n) is 10.9. The number of aromatic nitrogens is 1. The summed E-state index contributed by atoms with van der Waals surface area (Å²) in [7, 11) is 0. The summed E-state index contributed by atoms with van der Waals surface area (Å²) in [6.07, 6.45) is 16.2. The number of hydrogen-bond acceptors (Lipinski definition) is 1. The molecule has 63 heavy (non-hydrogen) atoms. The van der Waals surface area contributed by atoms with Crippen molar-refractivity contribution in [2.45, 2.75) is 38.0 Å². The first-order chi connectivity index (χ1) is 31.0. The Kier molecular flexibility index (Phi) is 8.83. The normalized spacial score (nSPS) is 16.9. The van der Waals surface area contributed by atoms with Crippen LogP contribution in [-0.2, 0) is 5.41 Å². The third kappa shape index (κ3) is 6.23. The van der Waals surface area contributed by atoms with Gasteiger partial charge in [-0.2, -0.15) is 0 Å². The van der Waals surface area contributed by atoms with Crippen molar-refractivity contribution >= 4 is 50.9 Å². The predicted octanol–water partition coefficient (Wildman–Crippen LogP) is 14.7. The Bertz CT molecular complexity index is 3400. The Labute approximate surface area is 369 Å². The van der Waals surface area contributed by atoms with Gasteiger partial charge in [-0.05, 0) is 129 Å². The van der Waals surface area contributed by atoms with E-state index in [1.165, 1.54) is 93.8 Å². The molecular weight excluding hydrogens is 761 g/mol. The first-order valence-electron chi connectivity index (χ1n) is 22.5. The van der Waals surface area contributed by atoms with Gasteiger partial charge >= 0.3 is 0 Å². The minimum absolute atomic E-state index is 0.0287. The van der Waals surface area contributed by atoms with E-state index in [2.05, 4.69) is 242 Å². The minimum Gasteiger partial charge on any atom is -0.310 e. The van der Waals surface area contributed by atoms with Crippen molar-refractivity contribution in [1.82, 2.24) is 4.57 Å². The highest BCUT2D eigenvalue weighted by atomic mass is 15.1. The molecule has 0 spiro atoms. The third-order valence-corrected chi connectivity index (χ3v) is 14.1. The maximum Gasteiger partial charge on any atom is 0.0541 e. The van der Waals surface area contributed by atoms with Gasteiger partial charge in [0.15, 0.2) is 0 Å². The van der Waals surface area contributed by atoms with Crippen LogP contribution in [-0.4, -0.2) is 4.57 Å². The lowest BCUT2D eigenvalue weighted by molar-refractivity contribution is 0.394. The van der Waals surface area contributed by atoms with E-state index in [4.69, 9.17) is 0 Å². The molecule has 3 aliphatic rings. The highest BCUT2D eigenvalue weighted by molar-refractivity contribution is 5.99. The second-order valence-corrected chi connectivity index (χ2v) is 18.0. The summed E-state index contributed by atoms with van der Waals surface area (Å²) in [6, 6.07) is 67.5. The molecule has 3 aliphatic carbocycles. The van der Waals surface area contributed by atoms with Gasteiger partial charge in [0.1, 0.15) is 0 Å². The molecule has 302 valence electrons. The van der Waals surface area contributed by atoms with Gasteiger partial charge in [0.05, 0.1) is 11.2 Å². The zero-order valence-corrected chi connectivity index (χ0v) is 35.7. The van der Waals surface area contributed by atoms with E-state index >= 15 is 0 Å². The molecule has 0 fully saturated rings. The van der Waals surface area contributed by atoms with Gasteiger partial charge in [-0.1, -0.05) is 178 Å². The molecule has 12 rings (SSSR count). The van der Waals surface area contributed by atoms with Crippen LogP contribution in [0, 0.1) is 5.92 Å². The Morgan fingerprint density at radius 3 is 1.92 bits per heavy atom. The molecule has 0 saturated heterocycles. The highest BCUT2D eigenvalue weighted by Crippen LogP contribution is 2.54. The van der Waals surface area contributed by atoms with Crippen molar-refractivity contribution in [2.24, 2.45) is 5.92 Å². The SMILES string of the molecule is CC1(C)c2cc(N(c3ccc(-c4ccc(-c5ccc6c(c5)c5c(n6-c6ccc(-c7ccccc7)cc6)=CCCC=5)cc4)cc3)c3cccc4ccccc34)ccc2C2C=CC=CC21. The number of rotatable bonds is 7. The molecule has 2 nitrogen and oxygen atoms in total. The molecule has 0 amide bonds. The molecule has 0 bridgehead atoms. The van der Waals surface area contributed by atoms with Crippen LogP contribution in [0.25, 0.3) is 72.9 Å². The van der Waals surface area contributed by atoms with Gasteiger partial charge in [-0.15, -0.1) is 0 Å². The van der Waals surface area contributed by atoms with Crippen LogP contribution in [0.4, 0.5) is 17.1 Å². The third-order valence-electron chi connectivity index (χ3n) is 14.1.